The summed E-state index contributed by atoms with van der Waals surface area (Å²) in [5.41, 5.74) is 0.916. The van der Waals surface area contributed by atoms with Crippen molar-refractivity contribution < 1.29 is 13.9 Å². The van der Waals surface area contributed by atoms with E-state index in [1.54, 1.807) is 50.6 Å². The summed E-state index contributed by atoms with van der Waals surface area (Å²) in [6.45, 7) is 0. The second-order valence-electron chi connectivity index (χ2n) is 4.96. The Morgan fingerprint density at radius 3 is 2.56 bits per heavy atom. The Balaban J connectivity index is 1.84. The number of ether oxygens (including phenoxy) is 2. The summed E-state index contributed by atoms with van der Waals surface area (Å²) in [5, 5.41) is 13.6. The molecule has 2 aromatic carbocycles. The van der Waals surface area contributed by atoms with Crippen LogP contribution < -0.4 is 20.1 Å². The Bertz CT molecular complexity index is 875. The van der Waals surface area contributed by atoms with Crippen LogP contribution in [0.5, 0.6) is 11.5 Å². The summed E-state index contributed by atoms with van der Waals surface area (Å²) in [4.78, 5) is 4.28. The Morgan fingerprint density at radius 1 is 0.960 bits per heavy atom. The topological polar surface area (TPSA) is 81.2 Å². The summed E-state index contributed by atoms with van der Waals surface area (Å²) in [7, 11) is 3.14. The first kappa shape index (κ1) is 16.4. The number of rotatable bonds is 6. The number of anilines is 4. The van der Waals surface area contributed by atoms with Crippen molar-refractivity contribution in [2.75, 3.05) is 24.9 Å². The highest BCUT2D eigenvalue weighted by atomic mass is 19.1. The van der Waals surface area contributed by atoms with Gasteiger partial charge in [0, 0.05) is 6.07 Å². The van der Waals surface area contributed by atoms with E-state index in [0.29, 0.717) is 23.0 Å². The van der Waals surface area contributed by atoms with E-state index in [2.05, 4.69) is 25.8 Å². The molecule has 0 saturated carbocycles. The van der Waals surface area contributed by atoms with Crippen LogP contribution in [-0.4, -0.2) is 29.4 Å². The number of nitrogens with zero attached hydrogens (tertiary/aromatic N) is 3. The SMILES string of the molecule is COc1ccc(OC)c(Nc2cnnc(Nc3ccccc3F)n2)c1. The van der Waals surface area contributed by atoms with Gasteiger partial charge in [0.15, 0.2) is 5.82 Å². The Morgan fingerprint density at radius 2 is 1.80 bits per heavy atom. The standard InChI is InChI=1S/C17H16FN5O2/c1-24-11-7-8-15(25-2)14(9-11)20-16-10-19-23-17(22-16)21-13-6-4-3-5-12(13)18/h3-10H,1-2H3,(H2,20,21,22,23). The van der Waals surface area contributed by atoms with Crippen molar-refractivity contribution in [1.29, 1.82) is 0 Å². The maximum atomic E-state index is 13.7. The zero-order valence-electron chi connectivity index (χ0n) is 13.7. The van der Waals surface area contributed by atoms with Crippen LogP contribution in [-0.2, 0) is 0 Å². The normalized spacial score (nSPS) is 10.2. The van der Waals surface area contributed by atoms with E-state index in [9.17, 15) is 4.39 Å². The number of methoxy groups -OCH3 is 2. The van der Waals surface area contributed by atoms with Crippen molar-refractivity contribution in [3.05, 3.63) is 54.5 Å². The highest BCUT2D eigenvalue weighted by Gasteiger charge is 2.09. The number of halogens is 1. The number of para-hydroxylation sites is 1. The second kappa shape index (κ2) is 7.43. The second-order valence-corrected chi connectivity index (χ2v) is 4.96. The summed E-state index contributed by atoms with van der Waals surface area (Å²) < 4.78 is 24.2. The minimum atomic E-state index is -0.404. The van der Waals surface area contributed by atoms with E-state index in [-0.39, 0.29) is 11.6 Å². The van der Waals surface area contributed by atoms with Crippen LogP contribution in [0.15, 0.2) is 48.7 Å². The van der Waals surface area contributed by atoms with Gasteiger partial charge in [-0.3, -0.25) is 0 Å². The molecule has 8 heteroatoms. The lowest BCUT2D eigenvalue weighted by Crippen LogP contribution is -2.04. The van der Waals surface area contributed by atoms with Gasteiger partial charge in [-0.15, -0.1) is 5.10 Å². The summed E-state index contributed by atoms with van der Waals surface area (Å²) in [5.74, 6) is 1.45. The highest BCUT2D eigenvalue weighted by Crippen LogP contribution is 2.31. The Labute approximate surface area is 143 Å². The third-order valence-electron chi connectivity index (χ3n) is 3.35. The predicted octanol–water partition coefficient (Wildman–Crippen LogP) is 3.52. The van der Waals surface area contributed by atoms with Crippen molar-refractivity contribution in [3.8, 4) is 11.5 Å². The molecule has 0 aliphatic carbocycles. The number of benzene rings is 2. The van der Waals surface area contributed by atoms with E-state index >= 15 is 0 Å². The molecule has 0 atom stereocenters. The lowest BCUT2D eigenvalue weighted by atomic mass is 10.2. The molecule has 0 spiro atoms. The highest BCUT2D eigenvalue weighted by molar-refractivity contribution is 5.66. The van der Waals surface area contributed by atoms with Crippen LogP contribution in [0.25, 0.3) is 0 Å². The molecular formula is C17H16FN5O2. The molecule has 25 heavy (non-hydrogen) atoms. The van der Waals surface area contributed by atoms with Crippen LogP contribution >= 0.6 is 0 Å². The Kier molecular flexibility index (Phi) is 4.89. The van der Waals surface area contributed by atoms with Gasteiger partial charge in [-0.05, 0) is 24.3 Å². The van der Waals surface area contributed by atoms with Gasteiger partial charge in [0.25, 0.3) is 0 Å². The van der Waals surface area contributed by atoms with Crippen molar-refractivity contribution >= 4 is 23.1 Å². The zero-order valence-corrected chi connectivity index (χ0v) is 13.7. The number of hydrogen-bond donors (Lipinski definition) is 2. The minimum absolute atomic E-state index is 0.164. The van der Waals surface area contributed by atoms with Gasteiger partial charge in [-0.2, -0.15) is 10.1 Å². The van der Waals surface area contributed by atoms with Gasteiger partial charge in [0.2, 0.25) is 5.95 Å². The largest absolute Gasteiger partial charge is 0.497 e. The van der Waals surface area contributed by atoms with Crippen LogP contribution in [0.2, 0.25) is 0 Å². The molecule has 128 valence electrons. The first-order chi connectivity index (χ1) is 12.2. The third kappa shape index (κ3) is 3.92. The van der Waals surface area contributed by atoms with Gasteiger partial charge in [0.1, 0.15) is 17.3 Å². The molecular weight excluding hydrogens is 325 g/mol. The molecule has 0 fully saturated rings. The van der Waals surface area contributed by atoms with Crippen molar-refractivity contribution in [2.24, 2.45) is 0 Å². The summed E-state index contributed by atoms with van der Waals surface area (Å²) in [6, 6.07) is 11.6. The van der Waals surface area contributed by atoms with Crippen LogP contribution in [0.4, 0.5) is 27.5 Å². The fourth-order valence-corrected chi connectivity index (χ4v) is 2.15. The smallest absolute Gasteiger partial charge is 0.249 e. The zero-order chi connectivity index (χ0) is 17.6. The van der Waals surface area contributed by atoms with Crippen molar-refractivity contribution in [3.63, 3.8) is 0 Å². The fourth-order valence-electron chi connectivity index (χ4n) is 2.15. The van der Waals surface area contributed by atoms with Gasteiger partial charge >= 0.3 is 0 Å². The summed E-state index contributed by atoms with van der Waals surface area (Å²) >= 11 is 0. The molecule has 0 bridgehead atoms. The molecule has 3 aromatic rings. The van der Waals surface area contributed by atoms with E-state index in [4.69, 9.17) is 9.47 Å². The maximum Gasteiger partial charge on any atom is 0.249 e. The molecule has 0 saturated heterocycles. The maximum absolute atomic E-state index is 13.7. The monoisotopic (exact) mass is 341 g/mol. The molecule has 0 unspecified atom stereocenters. The van der Waals surface area contributed by atoms with Crippen molar-refractivity contribution in [2.45, 2.75) is 0 Å². The van der Waals surface area contributed by atoms with E-state index in [1.165, 1.54) is 12.3 Å². The quantitative estimate of drug-likeness (QED) is 0.710. The van der Waals surface area contributed by atoms with Gasteiger partial charge < -0.3 is 20.1 Å². The molecule has 1 heterocycles. The minimum Gasteiger partial charge on any atom is -0.497 e. The number of hydrogen-bond acceptors (Lipinski definition) is 7. The van der Waals surface area contributed by atoms with Gasteiger partial charge in [0.05, 0.1) is 31.8 Å². The van der Waals surface area contributed by atoms with Crippen LogP contribution in [0.1, 0.15) is 0 Å². The summed E-state index contributed by atoms with van der Waals surface area (Å²) in [6.07, 6.45) is 1.45. The fraction of sp³-hybridized carbons (Fsp3) is 0.118. The number of aromatic nitrogens is 3. The molecule has 0 aliphatic heterocycles. The van der Waals surface area contributed by atoms with Gasteiger partial charge in [-0.25, -0.2) is 4.39 Å². The molecule has 0 aliphatic rings. The predicted molar refractivity (Wildman–Crippen MR) is 92.3 cm³/mol. The molecule has 0 radical (unpaired) electrons. The molecule has 2 N–H and O–H groups in total. The molecule has 7 nitrogen and oxygen atoms in total. The average Bonchev–Trinajstić information content (AvgIpc) is 2.64. The lowest BCUT2D eigenvalue weighted by molar-refractivity contribution is 0.405. The average molecular weight is 341 g/mol. The Hall–Kier alpha value is -3.42. The van der Waals surface area contributed by atoms with E-state index in [0.717, 1.165) is 0 Å². The van der Waals surface area contributed by atoms with Crippen LogP contribution in [0.3, 0.4) is 0 Å². The lowest BCUT2D eigenvalue weighted by Gasteiger charge is -2.12. The third-order valence-corrected chi connectivity index (χ3v) is 3.35. The van der Waals surface area contributed by atoms with Crippen molar-refractivity contribution in [1.82, 2.24) is 15.2 Å². The van der Waals surface area contributed by atoms with E-state index in [1.807, 2.05) is 0 Å². The first-order valence-corrected chi connectivity index (χ1v) is 7.40. The molecule has 1 aromatic heterocycles. The number of nitrogens with one attached hydrogen (secondary N) is 2. The van der Waals surface area contributed by atoms with Crippen LogP contribution in [0, 0.1) is 5.82 Å². The molecule has 3 rings (SSSR count). The van der Waals surface area contributed by atoms with E-state index < -0.39 is 5.82 Å². The molecule has 0 amide bonds. The first-order valence-electron chi connectivity index (χ1n) is 7.40. The van der Waals surface area contributed by atoms with Gasteiger partial charge in [-0.1, -0.05) is 12.1 Å².